The molecule has 4 aromatic rings. The summed E-state index contributed by atoms with van der Waals surface area (Å²) >= 11 is 0. The van der Waals surface area contributed by atoms with Crippen molar-refractivity contribution in [1.29, 1.82) is 0 Å². The Labute approximate surface area is 208 Å². The Kier molecular flexibility index (Phi) is 6.62. The second kappa shape index (κ2) is 10.3. The van der Waals surface area contributed by atoms with Crippen LogP contribution in [-0.2, 0) is 6.61 Å². The zero-order valence-electron chi connectivity index (χ0n) is 19.9. The van der Waals surface area contributed by atoms with Crippen molar-refractivity contribution >= 4 is 17.2 Å². The highest BCUT2D eigenvalue weighted by molar-refractivity contribution is 6.18. The summed E-state index contributed by atoms with van der Waals surface area (Å²) in [7, 11) is 3.20. The number of hydrogen-bond donors (Lipinski definition) is 1. The lowest BCUT2D eigenvalue weighted by atomic mass is 10.00. The first-order chi connectivity index (χ1) is 17.6. The summed E-state index contributed by atoms with van der Waals surface area (Å²) < 4.78 is 31.2. The Balaban J connectivity index is 1.49. The van der Waals surface area contributed by atoms with E-state index in [-0.39, 0.29) is 5.82 Å². The van der Waals surface area contributed by atoms with E-state index in [0.29, 0.717) is 40.9 Å². The number of methoxy groups -OCH3 is 2. The molecular weight excluding hydrogens is 457 g/mol. The second-order valence-electron chi connectivity index (χ2n) is 8.06. The molecule has 7 heteroatoms. The molecule has 0 saturated heterocycles. The average Bonchev–Trinajstić information content (AvgIpc) is 3.12. The Morgan fingerprint density at radius 1 is 0.778 bits per heavy atom. The first-order valence-corrected chi connectivity index (χ1v) is 11.4. The van der Waals surface area contributed by atoms with Crippen LogP contribution in [0, 0.1) is 5.82 Å². The molecule has 0 bridgehead atoms. The minimum atomic E-state index is -0.376. The smallest absolute Gasteiger partial charge is 0.161 e. The molecule has 6 nitrogen and oxygen atoms in total. The Bertz CT molecular complexity index is 1430. The van der Waals surface area contributed by atoms with E-state index < -0.39 is 0 Å². The van der Waals surface area contributed by atoms with Gasteiger partial charge in [0, 0.05) is 16.7 Å². The van der Waals surface area contributed by atoms with Gasteiger partial charge in [-0.15, -0.1) is 0 Å². The summed E-state index contributed by atoms with van der Waals surface area (Å²) in [6.07, 6.45) is 0. The topological polar surface area (TPSA) is 64.4 Å². The minimum Gasteiger partial charge on any atom is -0.497 e. The molecule has 0 unspecified atom stereocenters. The first-order valence-electron chi connectivity index (χ1n) is 11.4. The van der Waals surface area contributed by atoms with E-state index in [1.54, 1.807) is 20.3 Å². The van der Waals surface area contributed by atoms with Crippen molar-refractivity contribution in [2.24, 2.45) is 10.1 Å². The van der Waals surface area contributed by atoms with E-state index in [1.807, 2.05) is 72.8 Å². The maximum atomic E-state index is 14.3. The third-order valence-electron chi connectivity index (χ3n) is 5.76. The quantitative estimate of drug-likeness (QED) is 0.359. The maximum Gasteiger partial charge on any atom is 0.161 e. The third kappa shape index (κ3) is 4.90. The van der Waals surface area contributed by atoms with Crippen LogP contribution in [0.3, 0.4) is 0 Å². The highest BCUT2D eigenvalue weighted by Gasteiger charge is 2.20. The van der Waals surface area contributed by atoms with Crippen LogP contribution in [0.2, 0.25) is 0 Å². The Morgan fingerprint density at radius 3 is 2.31 bits per heavy atom. The molecule has 0 saturated carbocycles. The number of benzene rings is 4. The fourth-order valence-corrected chi connectivity index (χ4v) is 3.88. The van der Waals surface area contributed by atoms with E-state index in [1.165, 1.54) is 12.1 Å². The summed E-state index contributed by atoms with van der Waals surface area (Å²) in [5.74, 6) is 2.04. The average molecular weight is 482 g/mol. The highest BCUT2D eigenvalue weighted by atomic mass is 19.1. The number of fused-ring (bicyclic) bond motifs is 1. The SMILES string of the molecule is COc1ccc(C2=Nc3ccc(F)cc3C(c3ccc(OCc4ccccc4)c(OC)c3)=NN2)cc1. The molecule has 1 N–H and O–H groups in total. The summed E-state index contributed by atoms with van der Waals surface area (Å²) in [6, 6.07) is 27.4. The summed E-state index contributed by atoms with van der Waals surface area (Å²) in [5.41, 5.74) is 7.33. The molecular formula is C29H24FN3O3. The van der Waals surface area contributed by atoms with Crippen LogP contribution < -0.4 is 19.6 Å². The van der Waals surface area contributed by atoms with Gasteiger partial charge in [0.25, 0.3) is 0 Å². The van der Waals surface area contributed by atoms with Gasteiger partial charge in [-0.3, -0.25) is 5.43 Å². The highest BCUT2D eigenvalue weighted by Crippen LogP contribution is 2.32. The van der Waals surface area contributed by atoms with Gasteiger partial charge in [0.15, 0.2) is 17.3 Å². The van der Waals surface area contributed by atoms with Crippen LogP contribution in [0.15, 0.2) is 101 Å². The lowest BCUT2D eigenvalue weighted by molar-refractivity contribution is 0.284. The van der Waals surface area contributed by atoms with Crippen molar-refractivity contribution in [2.45, 2.75) is 6.61 Å². The summed E-state index contributed by atoms with van der Waals surface area (Å²) in [5, 5.41) is 4.62. The first kappa shape index (κ1) is 23.1. The van der Waals surface area contributed by atoms with Crippen molar-refractivity contribution in [3.63, 3.8) is 0 Å². The lowest BCUT2D eigenvalue weighted by Gasteiger charge is -2.14. The van der Waals surface area contributed by atoms with Crippen LogP contribution in [0.4, 0.5) is 10.1 Å². The van der Waals surface area contributed by atoms with Gasteiger partial charge in [-0.05, 0) is 66.2 Å². The normalized spacial score (nSPS) is 12.4. The maximum absolute atomic E-state index is 14.3. The summed E-state index contributed by atoms with van der Waals surface area (Å²) in [4.78, 5) is 4.73. The fraction of sp³-hybridized carbons (Fsp3) is 0.103. The molecule has 180 valence electrons. The number of rotatable bonds is 7. The fourth-order valence-electron chi connectivity index (χ4n) is 3.88. The Morgan fingerprint density at radius 2 is 1.56 bits per heavy atom. The van der Waals surface area contributed by atoms with E-state index in [2.05, 4.69) is 10.5 Å². The van der Waals surface area contributed by atoms with Gasteiger partial charge in [0.1, 0.15) is 23.9 Å². The molecule has 0 atom stereocenters. The standard InChI is InChI=1S/C29H24FN3O3/c1-34-23-12-8-20(9-13-23)29-31-25-14-11-22(30)17-24(25)28(32-33-29)21-10-15-26(27(16-21)35-2)36-18-19-6-4-3-5-7-19/h3-17H,18H2,1-2H3,(H,31,33). The number of aliphatic imine (C=N–C) groups is 1. The van der Waals surface area contributed by atoms with Gasteiger partial charge in [0.05, 0.1) is 19.9 Å². The van der Waals surface area contributed by atoms with E-state index in [0.717, 1.165) is 22.4 Å². The molecule has 1 aliphatic heterocycles. The van der Waals surface area contributed by atoms with Crippen molar-refractivity contribution in [3.05, 3.63) is 119 Å². The van der Waals surface area contributed by atoms with Gasteiger partial charge in [-0.1, -0.05) is 30.3 Å². The monoisotopic (exact) mass is 481 g/mol. The van der Waals surface area contributed by atoms with Gasteiger partial charge in [0.2, 0.25) is 0 Å². The predicted molar refractivity (Wildman–Crippen MR) is 138 cm³/mol. The zero-order chi connectivity index (χ0) is 24.9. The molecule has 0 aromatic heterocycles. The number of ether oxygens (including phenoxy) is 3. The molecule has 4 aromatic carbocycles. The number of hydrazone groups is 1. The molecule has 1 heterocycles. The number of nitrogens with zero attached hydrogens (tertiary/aromatic N) is 2. The van der Waals surface area contributed by atoms with E-state index >= 15 is 0 Å². The number of halogens is 1. The van der Waals surface area contributed by atoms with Crippen LogP contribution in [0.1, 0.15) is 22.3 Å². The lowest BCUT2D eigenvalue weighted by Crippen LogP contribution is -2.19. The molecule has 0 radical (unpaired) electrons. The van der Waals surface area contributed by atoms with Crippen LogP contribution in [0.5, 0.6) is 17.2 Å². The minimum absolute atomic E-state index is 0.376. The summed E-state index contributed by atoms with van der Waals surface area (Å²) in [6.45, 7) is 0.409. The van der Waals surface area contributed by atoms with Crippen LogP contribution in [-0.4, -0.2) is 25.8 Å². The van der Waals surface area contributed by atoms with Gasteiger partial charge < -0.3 is 14.2 Å². The molecule has 0 fully saturated rings. The van der Waals surface area contributed by atoms with Gasteiger partial charge in [-0.2, -0.15) is 5.10 Å². The third-order valence-corrected chi connectivity index (χ3v) is 5.76. The van der Waals surface area contributed by atoms with E-state index in [4.69, 9.17) is 19.2 Å². The molecule has 36 heavy (non-hydrogen) atoms. The van der Waals surface area contributed by atoms with Crippen LogP contribution in [0.25, 0.3) is 0 Å². The predicted octanol–water partition coefficient (Wildman–Crippen LogP) is 5.86. The molecule has 0 amide bonds. The zero-order valence-corrected chi connectivity index (χ0v) is 19.9. The van der Waals surface area contributed by atoms with Crippen molar-refractivity contribution in [2.75, 3.05) is 14.2 Å². The van der Waals surface area contributed by atoms with Crippen molar-refractivity contribution < 1.29 is 18.6 Å². The van der Waals surface area contributed by atoms with Gasteiger partial charge >= 0.3 is 0 Å². The molecule has 5 rings (SSSR count). The Hall–Kier alpha value is -4.65. The molecule has 0 aliphatic carbocycles. The number of hydrogen-bond acceptors (Lipinski definition) is 6. The van der Waals surface area contributed by atoms with Crippen molar-refractivity contribution in [1.82, 2.24) is 5.43 Å². The molecule has 1 aliphatic rings. The second-order valence-corrected chi connectivity index (χ2v) is 8.06. The number of nitrogens with one attached hydrogen (secondary N) is 1. The van der Waals surface area contributed by atoms with Crippen molar-refractivity contribution in [3.8, 4) is 17.2 Å². The number of amidine groups is 1. The largest absolute Gasteiger partial charge is 0.497 e. The van der Waals surface area contributed by atoms with E-state index in [9.17, 15) is 4.39 Å². The van der Waals surface area contributed by atoms with Gasteiger partial charge in [-0.25, -0.2) is 9.38 Å². The molecule has 0 spiro atoms. The van der Waals surface area contributed by atoms with Crippen LogP contribution >= 0.6 is 0 Å².